The fourth-order valence-electron chi connectivity index (χ4n) is 3.46. The average Bonchev–Trinajstić information content (AvgIpc) is 3.04. The van der Waals surface area contributed by atoms with E-state index in [0.717, 1.165) is 42.8 Å². The van der Waals surface area contributed by atoms with Crippen LogP contribution in [0.3, 0.4) is 0 Å². The molecule has 1 saturated carbocycles. The Bertz CT molecular complexity index is 759. The molecule has 7 heteroatoms. The molecule has 0 spiro atoms. The molecule has 3 rings (SSSR count). The molecule has 1 fully saturated rings. The smallest absolute Gasteiger partial charge is 0.191 e. The number of ether oxygens (including phenoxy) is 1. The van der Waals surface area contributed by atoms with E-state index in [2.05, 4.69) is 46.8 Å². The molecule has 1 aromatic heterocycles. The summed E-state index contributed by atoms with van der Waals surface area (Å²) in [4.78, 5) is 10.4. The van der Waals surface area contributed by atoms with Crippen LogP contribution in [0, 0.1) is 12.3 Å². The molecule has 28 heavy (non-hydrogen) atoms. The van der Waals surface area contributed by atoms with Crippen molar-refractivity contribution in [3.63, 3.8) is 0 Å². The summed E-state index contributed by atoms with van der Waals surface area (Å²) in [6.45, 7) is 4.59. The molecule has 0 aliphatic heterocycles. The van der Waals surface area contributed by atoms with Crippen LogP contribution in [0.4, 0.5) is 0 Å². The Hall–Kier alpha value is -1.19. The first-order chi connectivity index (χ1) is 13.2. The molecule has 0 unspecified atom stereocenters. The zero-order valence-electron chi connectivity index (χ0n) is 17.0. The molecule has 0 atom stereocenters. The highest BCUT2D eigenvalue weighted by Crippen LogP contribution is 2.43. The molecule has 1 aliphatic carbocycles. The average molecular weight is 514 g/mol. The van der Waals surface area contributed by atoms with Crippen molar-refractivity contribution in [2.24, 2.45) is 10.4 Å². The number of rotatable bonds is 8. The maximum absolute atomic E-state index is 5.28. The van der Waals surface area contributed by atoms with Gasteiger partial charge in [-0.25, -0.2) is 4.98 Å². The van der Waals surface area contributed by atoms with Gasteiger partial charge >= 0.3 is 0 Å². The Balaban J connectivity index is 0.00000280. The highest BCUT2D eigenvalue weighted by Gasteiger charge is 2.36. The summed E-state index contributed by atoms with van der Waals surface area (Å²) in [6.07, 6.45) is 4.98. The lowest BCUT2D eigenvalue weighted by Crippen LogP contribution is -2.46. The third kappa shape index (κ3) is 5.90. The Labute approximate surface area is 189 Å². The SMILES string of the molecule is CN=C(NCc1sc(-c2ccccc2)nc1C)NCC1(CCOC)CCC1.I. The molecule has 0 amide bonds. The van der Waals surface area contributed by atoms with Crippen LogP contribution in [0.15, 0.2) is 35.3 Å². The third-order valence-electron chi connectivity index (χ3n) is 5.43. The lowest BCUT2D eigenvalue weighted by Gasteiger charge is -2.42. The van der Waals surface area contributed by atoms with Crippen molar-refractivity contribution in [3.05, 3.63) is 40.9 Å². The minimum Gasteiger partial charge on any atom is -0.385 e. The fourth-order valence-corrected chi connectivity index (χ4v) is 4.47. The van der Waals surface area contributed by atoms with Crippen molar-refractivity contribution in [3.8, 4) is 10.6 Å². The number of aryl methyl sites for hydroxylation is 1. The number of halogens is 1. The number of nitrogens with one attached hydrogen (secondary N) is 2. The number of benzene rings is 1. The molecule has 0 radical (unpaired) electrons. The van der Waals surface area contributed by atoms with E-state index in [-0.39, 0.29) is 24.0 Å². The molecule has 2 aromatic rings. The van der Waals surface area contributed by atoms with Crippen LogP contribution < -0.4 is 10.6 Å². The molecule has 154 valence electrons. The van der Waals surface area contributed by atoms with Gasteiger partial charge in [0.25, 0.3) is 0 Å². The number of guanidine groups is 1. The van der Waals surface area contributed by atoms with Crippen LogP contribution in [0.5, 0.6) is 0 Å². The van der Waals surface area contributed by atoms with Gasteiger partial charge in [0.05, 0.1) is 12.2 Å². The second-order valence-corrected chi connectivity index (χ2v) is 8.35. The van der Waals surface area contributed by atoms with Gasteiger partial charge in [0.1, 0.15) is 5.01 Å². The molecule has 1 aromatic carbocycles. The summed E-state index contributed by atoms with van der Waals surface area (Å²) < 4.78 is 5.28. The predicted octanol–water partition coefficient (Wildman–Crippen LogP) is 4.61. The van der Waals surface area contributed by atoms with E-state index < -0.39 is 0 Å². The van der Waals surface area contributed by atoms with E-state index in [4.69, 9.17) is 9.72 Å². The number of thiazole rings is 1. The maximum Gasteiger partial charge on any atom is 0.191 e. The van der Waals surface area contributed by atoms with Crippen LogP contribution in [0.25, 0.3) is 10.6 Å². The Morgan fingerprint density at radius 2 is 2.00 bits per heavy atom. The van der Waals surface area contributed by atoms with Gasteiger partial charge in [-0.1, -0.05) is 36.8 Å². The van der Waals surface area contributed by atoms with Crippen molar-refractivity contribution in [1.29, 1.82) is 0 Å². The van der Waals surface area contributed by atoms with E-state index in [1.54, 1.807) is 18.4 Å². The molecule has 0 bridgehead atoms. The molecule has 5 nitrogen and oxygen atoms in total. The zero-order valence-corrected chi connectivity index (χ0v) is 20.1. The highest BCUT2D eigenvalue weighted by molar-refractivity contribution is 14.0. The minimum atomic E-state index is 0. The van der Waals surface area contributed by atoms with E-state index in [1.165, 1.54) is 29.7 Å². The van der Waals surface area contributed by atoms with Crippen molar-refractivity contribution < 1.29 is 4.74 Å². The number of aromatic nitrogens is 1. The van der Waals surface area contributed by atoms with Gasteiger partial charge in [0.15, 0.2) is 5.96 Å². The molecular formula is C21H31IN4OS. The summed E-state index contributed by atoms with van der Waals surface area (Å²) >= 11 is 1.74. The zero-order chi connectivity index (χ0) is 19.1. The second kappa shape index (κ2) is 11.1. The monoisotopic (exact) mass is 514 g/mol. The van der Waals surface area contributed by atoms with Crippen molar-refractivity contribution >= 4 is 41.3 Å². The summed E-state index contributed by atoms with van der Waals surface area (Å²) in [5.74, 6) is 0.854. The third-order valence-corrected chi connectivity index (χ3v) is 6.64. The summed E-state index contributed by atoms with van der Waals surface area (Å²) in [7, 11) is 3.61. The van der Waals surface area contributed by atoms with Gasteiger partial charge in [0.2, 0.25) is 0 Å². The molecule has 1 heterocycles. The van der Waals surface area contributed by atoms with E-state index >= 15 is 0 Å². The highest BCUT2D eigenvalue weighted by atomic mass is 127. The van der Waals surface area contributed by atoms with Crippen LogP contribution in [0.2, 0.25) is 0 Å². The normalized spacial score (nSPS) is 15.5. The number of methoxy groups -OCH3 is 1. The molecule has 2 N–H and O–H groups in total. The van der Waals surface area contributed by atoms with Crippen LogP contribution in [0.1, 0.15) is 36.3 Å². The topological polar surface area (TPSA) is 58.5 Å². The summed E-state index contributed by atoms with van der Waals surface area (Å²) in [6, 6.07) is 10.3. The van der Waals surface area contributed by atoms with Crippen LogP contribution >= 0.6 is 35.3 Å². The summed E-state index contributed by atoms with van der Waals surface area (Å²) in [5.41, 5.74) is 2.62. The number of nitrogens with zero attached hydrogens (tertiary/aromatic N) is 2. The standard InChI is InChI=1S/C21H30N4OS.HI/c1-16-18(27-19(25-16)17-8-5-4-6-9-17)14-23-20(22-2)24-15-21(10-7-11-21)12-13-26-3;/h4-6,8-9H,7,10-15H2,1-3H3,(H2,22,23,24);1H. The summed E-state index contributed by atoms with van der Waals surface area (Å²) in [5, 5.41) is 8.03. The number of hydrogen-bond acceptors (Lipinski definition) is 4. The van der Waals surface area contributed by atoms with Crippen LogP contribution in [-0.4, -0.2) is 38.3 Å². The Kier molecular flexibility index (Phi) is 9.17. The second-order valence-electron chi connectivity index (χ2n) is 7.27. The first-order valence-corrected chi connectivity index (χ1v) is 10.4. The van der Waals surface area contributed by atoms with Gasteiger partial charge < -0.3 is 15.4 Å². The quantitative estimate of drug-likeness (QED) is 0.307. The van der Waals surface area contributed by atoms with Gasteiger partial charge in [-0.3, -0.25) is 4.99 Å². The molecular weight excluding hydrogens is 483 g/mol. The van der Waals surface area contributed by atoms with Gasteiger partial charge in [-0.2, -0.15) is 0 Å². The van der Waals surface area contributed by atoms with E-state index in [1.807, 2.05) is 13.1 Å². The van der Waals surface area contributed by atoms with Crippen molar-refractivity contribution in [2.45, 2.75) is 39.2 Å². The molecule has 1 aliphatic rings. The van der Waals surface area contributed by atoms with Crippen molar-refractivity contribution in [1.82, 2.24) is 15.6 Å². The van der Waals surface area contributed by atoms with Gasteiger partial charge in [0, 0.05) is 37.7 Å². The van der Waals surface area contributed by atoms with Gasteiger partial charge in [-0.15, -0.1) is 35.3 Å². The first kappa shape index (κ1) is 23.1. The van der Waals surface area contributed by atoms with Crippen molar-refractivity contribution in [2.75, 3.05) is 27.3 Å². The lowest BCUT2D eigenvalue weighted by atomic mass is 9.67. The van der Waals surface area contributed by atoms with E-state index in [9.17, 15) is 0 Å². The number of aliphatic imine (C=N–C) groups is 1. The predicted molar refractivity (Wildman–Crippen MR) is 129 cm³/mol. The minimum absolute atomic E-state index is 0. The van der Waals surface area contributed by atoms with Crippen LogP contribution in [-0.2, 0) is 11.3 Å². The van der Waals surface area contributed by atoms with E-state index in [0.29, 0.717) is 5.41 Å². The Morgan fingerprint density at radius 1 is 1.25 bits per heavy atom. The number of hydrogen-bond donors (Lipinski definition) is 2. The largest absolute Gasteiger partial charge is 0.385 e. The maximum atomic E-state index is 5.28. The molecule has 0 saturated heterocycles. The lowest BCUT2D eigenvalue weighted by molar-refractivity contribution is 0.0732. The van der Waals surface area contributed by atoms with Gasteiger partial charge in [-0.05, 0) is 31.6 Å². The fraction of sp³-hybridized carbons (Fsp3) is 0.524. The Morgan fingerprint density at radius 3 is 2.61 bits per heavy atom. The first-order valence-electron chi connectivity index (χ1n) is 9.61.